The van der Waals surface area contributed by atoms with Crippen LogP contribution in [0.1, 0.15) is 0 Å². The predicted octanol–water partition coefficient (Wildman–Crippen LogP) is -0.433. The van der Waals surface area contributed by atoms with Crippen LogP contribution in [0.25, 0.3) is 0 Å². The first-order valence-electron chi connectivity index (χ1n) is 3.84. The van der Waals surface area contributed by atoms with Gasteiger partial charge in [-0.25, -0.2) is 9.59 Å². The molecule has 0 aromatic heterocycles. The summed E-state index contributed by atoms with van der Waals surface area (Å²) in [5, 5.41) is 0. The van der Waals surface area contributed by atoms with E-state index in [-0.39, 0.29) is 5.70 Å². The lowest BCUT2D eigenvalue weighted by Gasteiger charge is -2.06. The third-order valence-corrected chi connectivity index (χ3v) is 1.91. The molecule has 0 aromatic rings. The molecule has 0 aromatic carbocycles. The number of carbonyl (C=O) groups excluding carboxylic acids is 3. The van der Waals surface area contributed by atoms with Crippen molar-refractivity contribution in [1.82, 2.24) is 9.80 Å². The molecule has 1 fully saturated rings. The van der Waals surface area contributed by atoms with Gasteiger partial charge in [-0.1, -0.05) is 0 Å². The normalized spacial score (nSPS) is 19.5. The van der Waals surface area contributed by atoms with Crippen molar-refractivity contribution in [2.24, 2.45) is 0 Å². The van der Waals surface area contributed by atoms with Crippen LogP contribution in [0.15, 0.2) is 11.8 Å². The standard InChI is InChI=1S/C8H10N2O4/c1-9-5(4-6(11)14-3)7(12)10(2)8(9)13/h4H,1-3H3/b5-4-. The fraction of sp³-hybridized carbons (Fsp3) is 0.375. The number of methoxy groups -OCH3 is 1. The number of imide groups is 1. The Morgan fingerprint density at radius 3 is 2.21 bits per heavy atom. The molecular formula is C8H10N2O4. The van der Waals surface area contributed by atoms with Gasteiger partial charge in [0.15, 0.2) is 0 Å². The van der Waals surface area contributed by atoms with Crippen molar-refractivity contribution in [2.75, 3.05) is 21.2 Å². The summed E-state index contributed by atoms with van der Waals surface area (Å²) in [6, 6.07) is -0.467. The number of nitrogens with zero attached hydrogens (tertiary/aromatic N) is 2. The van der Waals surface area contributed by atoms with Crippen LogP contribution in [0.3, 0.4) is 0 Å². The van der Waals surface area contributed by atoms with Crippen molar-refractivity contribution in [3.8, 4) is 0 Å². The van der Waals surface area contributed by atoms with Gasteiger partial charge in [0, 0.05) is 14.1 Å². The SMILES string of the molecule is COC(=O)/C=C1/C(=O)N(C)C(=O)N1C. The highest BCUT2D eigenvalue weighted by Gasteiger charge is 2.36. The number of ether oxygens (including phenoxy) is 1. The molecule has 0 N–H and O–H groups in total. The average Bonchev–Trinajstić information content (AvgIpc) is 2.35. The summed E-state index contributed by atoms with van der Waals surface area (Å²) in [4.78, 5) is 35.5. The molecule has 6 heteroatoms. The van der Waals surface area contributed by atoms with E-state index in [0.29, 0.717) is 0 Å². The van der Waals surface area contributed by atoms with Crippen LogP contribution in [-0.4, -0.2) is 48.9 Å². The van der Waals surface area contributed by atoms with E-state index >= 15 is 0 Å². The van der Waals surface area contributed by atoms with Crippen molar-refractivity contribution in [1.29, 1.82) is 0 Å². The molecule has 3 amide bonds. The van der Waals surface area contributed by atoms with Gasteiger partial charge in [0.1, 0.15) is 5.70 Å². The van der Waals surface area contributed by atoms with E-state index in [1.165, 1.54) is 21.2 Å². The number of carbonyl (C=O) groups is 3. The molecule has 0 saturated carbocycles. The summed E-state index contributed by atoms with van der Waals surface area (Å²) in [6.45, 7) is 0. The summed E-state index contributed by atoms with van der Waals surface area (Å²) >= 11 is 0. The summed E-state index contributed by atoms with van der Waals surface area (Å²) in [5.41, 5.74) is 0.0179. The second-order valence-corrected chi connectivity index (χ2v) is 2.76. The van der Waals surface area contributed by atoms with Crippen molar-refractivity contribution in [2.45, 2.75) is 0 Å². The lowest BCUT2D eigenvalue weighted by Crippen LogP contribution is -2.27. The van der Waals surface area contributed by atoms with Crippen LogP contribution in [0, 0.1) is 0 Å². The minimum Gasteiger partial charge on any atom is -0.466 e. The smallest absolute Gasteiger partial charge is 0.332 e. The van der Waals surface area contributed by atoms with E-state index in [4.69, 9.17) is 0 Å². The molecular weight excluding hydrogens is 188 g/mol. The zero-order chi connectivity index (χ0) is 10.9. The zero-order valence-corrected chi connectivity index (χ0v) is 8.10. The molecule has 76 valence electrons. The average molecular weight is 198 g/mol. The highest BCUT2D eigenvalue weighted by atomic mass is 16.5. The number of rotatable bonds is 1. The number of likely N-dealkylation sites (N-methyl/N-ethyl adjacent to an activating group) is 2. The number of hydrogen-bond donors (Lipinski definition) is 0. The zero-order valence-electron chi connectivity index (χ0n) is 8.10. The molecule has 1 aliphatic rings. The number of urea groups is 1. The second kappa shape index (κ2) is 3.49. The third kappa shape index (κ3) is 1.46. The predicted molar refractivity (Wildman–Crippen MR) is 46.0 cm³/mol. The fourth-order valence-corrected chi connectivity index (χ4v) is 1.06. The van der Waals surface area contributed by atoms with Crippen molar-refractivity contribution in [3.05, 3.63) is 11.8 Å². The van der Waals surface area contributed by atoms with Crippen LogP contribution in [0.5, 0.6) is 0 Å². The molecule has 1 heterocycles. The van der Waals surface area contributed by atoms with Crippen LogP contribution >= 0.6 is 0 Å². The summed E-state index contributed by atoms with van der Waals surface area (Å²) in [7, 11) is 3.96. The van der Waals surface area contributed by atoms with Crippen LogP contribution in [-0.2, 0) is 14.3 Å². The highest BCUT2D eigenvalue weighted by Crippen LogP contribution is 2.16. The first-order chi connectivity index (χ1) is 6.49. The molecule has 1 aliphatic heterocycles. The van der Waals surface area contributed by atoms with Gasteiger partial charge < -0.3 is 4.74 Å². The second-order valence-electron chi connectivity index (χ2n) is 2.76. The Hall–Kier alpha value is -1.85. The molecule has 0 radical (unpaired) electrons. The molecule has 0 bridgehead atoms. The summed E-state index contributed by atoms with van der Waals surface area (Å²) < 4.78 is 4.36. The van der Waals surface area contributed by atoms with E-state index in [2.05, 4.69) is 4.74 Å². The maximum Gasteiger partial charge on any atom is 0.332 e. The molecule has 0 aliphatic carbocycles. The lowest BCUT2D eigenvalue weighted by atomic mass is 10.3. The van der Waals surface area contributed by atoms with E-state index in [1.807, 2.05) is 0 Å². The maximum absolute atomic E-state index is 11.4. The van der Waals surface area contributed by atoms with Gasteiger partial charge in [-0.2, -0.15) is 0 Å². The van der Waals surface area contributed by atoms with Gasteiger partial charge in [-0.3, -0.25) is 14.6 Å². The Labute approximate surface area is 80.7 Å². The Bertz CT molecular complexity index is 334. The van der Waals surface area contributed by atoms with Crippen molar-refractivity contribution >= 4 is 17.9 Å². The monoisotopic (exact) mass is 198 g/mol. The Kier molecular flexibility index (Phi) is 2.55. The van der Waals surface area contributed by atoms with Crippen LogP contribution in [0.4, 0.5) is 4.79 Å². The lowest BCUT2D eigenvalue weighted by molar-refractivity contribution is -0.135. The van der Waals surface area contributed by atoms with Crippen LogP contribution < -0.4 is 0 Å². The first kappa shape index (κ1) is 10.2. The molecule has 1 saturated heterocycles. The van der Waals surface area contributed by atoms with Gasteiger partial charge >= 0.3 is 12.0 Å². The molecule has 14 heavy (non-hydrogen) atoms. The first-order valence-corrected chi connectivity index (χ1v) is 3.84. The molecule has 0 unspecified atom stereocenters. The third-order valence-electron chi connectivity index (χ3n) is 1.91. The van der Waals surface area contributed by atoms with E-state index in [0.717, 1.165) is 15.9 Å². The fourth-order valence-electron chi connectivity index (χ4n) is 1.06. The molecule has 0 atom stereocenters. The molecule has 0 spiro atoms. The van der Waals surface area contributed by atoms with E-state index in [1.54, 1.807) is 0 Å². The van der Waals surface area contributed by atoms with Gasteiger partial charge in [0.25, 0.3) is 5.91 Å². The minimum absolute atomic E-state index is 0.0179. The molecule has 6 nitrogen and oxygen atoms in total. The van der Waals surface area contributed by atoms with Gasteiger partial charge in [0.05, 0.1) is 13.2 Å². The van der Waals surface area contributed by atoms with Crippen LogP contribution in [0.2, 0.25) is 0 Å². The maximum atomic E-state index is 11.4. The van der Waals surface area contributed by atoms with Gasteiger partial charge in [0.2, 0.25) is 0 Å². The van der Waals surface area contributed by atoms with Crippen molar-refractivity contribution in [3.63, 3.8) is 0 Å². The topological polar surface area (TPSA) is 66.9 Å². The number of amides is 3. The van der Waals surface area contributed by atoms with E-state index in [9.17, 15) is 14.4 Å². The Morgan fingerprint density at radius 2 is 1.86 bits per heavy atom. The highest BCUT2D eigenvalue weighted by molar-refractivity contribution is 6.13. The number of esters is 1. The van der Waals surface area contributed by atoms with Crippen molar-refractivity contribution < 1.29 is 19.1 Å². The van der Waals surface area contributed by atoms with E-state index < -0.39 is 17.9 Å². The minimum atomic E-state index is -0.664. The number of hydrogen-bond acceptors (Lipinski definition) is 4. The van der Waals surface area contributed by atoms with Gasteiger partial charge in [-0.15, -0.1) is 0 Å². The summed E-state index contributed by atoms with van der Waals surface area (Å²) in [6.07, 6.45) is 0.990. The Balaban J connectivity index is 3.01. The molecule has 1 rings (SSSR count). The van der Waals surface area contributed by atoms with Gasteiger partial charge in [-0.05, 0) is 0 Å². The quantitative estimate of drug-likeness (QED) is 0.325. The largest absolute Gasteiger partial charge is 0.466 e. The summed E-state index contributed by atoms with van der Waals surface area (Å²) in [5.74, 6) is -1.17. The Morgan fingerprint density at radius 1 is 1.29 bits per heavy atom.